The number of benzene rings is 2. The van der Waals surface area contributed by atoms with Gasteiger partial charge >= 0.3 is 6.18 Å². The van der Waals surface area contributed by atoms with E-state index in [0.717, 1.165) is 39.5 Å². The average molecular weight is 311 g/mol. The van der Waals surface area contributed by atoms with Gasteiger partial charge in [0.05, 0.1) is 16.6 Å². The van der Waals surface area contributed by atoms with Crippen LogP contribution in [0, 0.1) is 0 Å². The predicted octanol–water partition coefficient (Wildman–Crippen LogP) is 3.73. The first-order valence-corrected chi connectivity index (χ1v) is 7.28. The van der Waals surface area contributed by atoms with Crippen molar-refractivity contribution in [2.75, 3.05) is 0 Å². The van der Waals surface area contributed by atoms with E-state index in [1.807, 2.05) is 42.5 Å². The quantitative estimate of drug-likeness (QED) is 0.761. The average Bonchev–Trinajstić information content (AvgIpc) is 2.92. The molecule has 23 heavy (non-hydrogen) atoms. The zero-order valence-electron chi connectivity index (χ0n) is 12.0. The SMILES string of the molecule is FC(F)(F)c1ccc(C2C=CC3=c4ccccc4=NC3=C2)cc1. The van der Waals surface area contributed by atoms with E-state index in [-0.39, 0.29) is 5.92 Å². The van der Waals surface area contributed by atoms with Crippen molar-refractivity contribution in [1.29, 1.82) is 0 Å². The monoisotopic (exact) mass is 311 g/mol. The van der Waals surface area contributed by atoms with E-state index in [9.17, 15) is 13.2 Å². The van der Waals surface area contributed by atoms with Crippen LogP contribution in [-0.4, -0.2) is 0 Å². The Morgan fingerprint density at radius 2 is 1.65 bits per heavy atom. The number of fused-ring (bicyclic) bond motifs is 2. The molecule has 0 bridgehead atoms. The molecule has 0 saturated carbocycles. The van der Waals surface area contributed by atoms with Crippen LogP contribution < -0.4 is 10.6 Å². The molecule has 4 heteroatoms. The summed E-state index contributed by atoms with van der Waals surface area (Å²) in [6.07, 6.45) is 1.70. The molecule has 0 amide bonds. The van der Waals surface area contributed by atoms with Crippen LogP contribution in [-0.2, 0) is 6.18 Å². The van der Waals surface area contributed by atoms with E-state index in [2.05, 4.69) is 4.99 Å². The third-order valence-electron chi connectivity index (χ3n) is 4.14. The lowest BCUT2D eigenvalue weighted by Gasteiger charge is -2.15. The van der Waals surface area contributed by atoms with Crippen LogP contribution in [0.1, 0.15) is 17.0 Å². The maximum absolute atomic E-state index is 12.6. The van der Waals surface area contributed by atoms with Gasteiger partial charge in [-0.2, -0.15) is 13.2 Å². The van der Waals surface area contributed by atoms with Crippen LogP contribution in [0.15, 0.2) is 77.4 Å². The van der Waals surface area contributed by atoms with Gasteiger partial charge in [0.25, 0.3) is 0 Å². The summed E-state index contributed by atoms with van der Waals surface area (Å²) in [6, 6.07) is 13.2. The molecular formula is C19H12F3N. The minimum atomic E-state index is -4.30. The van der Waals surface area contributed by atoms with E-state index < -0.39 is 11.7 Å². The van der Waals surface area contributed by atoms with E-state index in [1.165, 1.54) is 12.1 Å². The number of halogens is 3. The Labute approximate surface area is 130 Å². The highest BCUT2D eigenvalue weighted by Crippen LogP contribution is 2.33. The molecule has 1 aliphatic heterocycles. The normalized spacial score (nSPS) is 19.0. The van der Waals surface area contributed by atoms with Crippen molar-refractivity contribution in [2.45, 2.75) is 12.1 Å². The highest BCUT2D eigenvalue weighted by Gasteiger charge is 2.30. The van der Waals surface area contributed by atoms with Crippen molar-refractivity contribution in [1.82, 2.24) is 0 Å². The third kappa shape index (κ3) is 2.40. The Balaban J connectivity index is 1.71. The Hall–Kier alpha value is -2.62. The zero-order valence-corrected chi connectivity index (χ0v) is 12.0. The third-order valence-corrected chi connectivity index (χ3v) is 4.14. The lowest BCUT2D eigenvalue weighted by Crippen LogP contribution is -2.21. The molecule has 114 valence electrons. The van der Waals surface area contributed by atoms with Crippen molar-refractivity contribution >= 4 is 5.57 Å². The van der Waals surface area contributed by atoms with Gasteiger partial charge < -0.3 is 0 Å². The molecule has 0 aromatic heterocycles. The number of allylic oxidation sites excluding steroid dienone is 3. The van der Waals surface area contributed by atoms with Crippen molar-refractivity contribution in [3.05, 3.63) is 94.2 Å². The largest absolute Gasteiger partial charge is 0.416 e. The van der Waals surface area contributed by atoms with Gasteiger partial charge in [-0.25, -0.2) is 4.99 Å². The van der Waals surface area contributed by atoms with Gasteiger partial charge in [0.2, 0.25) is 0 Å². The molecule has 1 heterocycles. The first kappa shape index (κ1) is 14.0. The Morgan fingerprint density at radius 1 is 0.913 bits per heavy atom. The van der Waals surface area contributed by atoms with E-state index in [4.69, 9.17) is 0 Å². The second kappa shape index (κ2) is 4.95. The summed E-state index contributed by atoms with van der Waals surface area (Å²) in [5.74, 6) is -0.0610. The molecule has 1 aliphatic carbocycles. The zero-order chi connectivity index (χ0) is 16.0. The Bertz CT molecular complexity index is 947. The molecule has 0 spiro atoms. The van der Waals surface area contributed by atoms with E-state index in [0.29, 0.717) is 0 Å². The number of hydrogen-bond donors (Lipinski definition) is 0. The fraction of sp³-hybridized carbons (Fsp3) is 0.105. The van der Waals surface area contributed by atoms with Crippen molar-refractivity contribution in [2.24, 2.45) is 4.99 Å². The van der Waals surface area contributed by atoms with Crippen LogP contribution in [0.5, 0.6) is 0 Å². The van der Waals surface area contributed by atoms with Crippen LogP contribution >= 0.6 is 0 Å². The minimum absolute atomic E-state index is 0.0610. The summed E-state index contributed by atoms with van der Waals surface area (Å²) in [4.78, 5) is 4.60. The number of hydrogen-bond acceptors (Lipinski definition) is 1. The lowest BCUT2D eigenvalue weighted by molar-refractivity contribution is -0.137. The summed E-state index contributed by atoms with van der Waals surface area (Å²) >= 11 is 0. The van der Waals surface area contributed by atoms with Gasteiger partial charge in [-0.15, -0.1) is 0 Å². The molecule has 0 saturated heterocycles. The molecule has 0 N–H and O–H groups in total. The second-order valence-electron chi connectivity index (χ2n) is 5.60. The topological polar surface area (TPSA) is 12.4 Å². The van der Waals surface area contributed by atoms with E-state index >= 15 is 0 Å². The van der Waals surface area contributed by atoms with Gasteiger partial charge in [0.15, 0.2) is 0 Å². The molecular weight excluding hydrogens is 299 g/mol. The minimum Gasteiger partial charge on any atom is -0.248 e. The highest BCUT2D eigenvalue weighted by atomic mass is 19.4. The van der Waals surface area contributed by atoms with Crippen molar-refractivity contribution in [3.8, 4) is 0 Å². The molecule has 2 aliphatic rings. The standard InChI is InChI=1S/C19H12F3N/c20-19(21,22)14-8-5-12(6-9-14)13-7-10-16-15-3-1-2-4-17(15)23-18(16)11-13/h1-11,13H. The van der Waals surface area contributed by atoms with Gasteiger partial charge in [0, 0.05) is 16.7 Å². The summed E-state index contributed by atoms with van der Waals surface area (Å²) in [7, 11) is 0. The molecule has 0 radical (unpaired) electrons. The highest BCUT2D eigenvalue weighted by molar-refractivity contribution is 5.76. The first-order chi connectivity index (χ1) is 11.0. The maximum atomic E-state index is 12.6. The molecule has 2 aromatic rings. The van der Waals surface area contributed by atoms with Crippen molar-refractivity contribution < 1.29 is 13.2 Å². The van der Waals surface area contributed by atoms with Crippen molar-refractivity contribution in [3.63, 3.8) is 0 Å². The van der Waals surface area contributed by atoms with Crippen LogP contribution in [0.3, 0.4) is 0 Å². The number of rotatable bonds is 1. The van der Waals surface area contributed by atoms with Crippen LogP contribution in [0.25, 0.3) is 5.57 Å². The van der Waals surface area contributed by atoms with Gasteiger partial charge in [-0.3, -0.25) is 0 Å². The summed E-state index contributed by atoms with van der Waals surface area (Å²) < 4.78 is 37.9. The maximum Gasteiger partial charge on any atom is 0.416 e. The van der Waals surface area contributed by atoms with Gasteiger partial charge in [-0.05, 0) is 29.8 Å². The molecule has 0 fully saturated rings. The molecule has 1 unspecified atom stereocenters. The van der Waals surface area contributed by atoms with Crippen LogP contribution in [0.2, 0.25) is 0 Å². The summed E-state index contributed by atoms with van der Waals surface area (Å²) in [5.41, 5.74) is 2.16. The smallest absolute Gasteiger partial charge is 0.248 e. The second-order valence-corrected chi connectivity index (χ2v) is 5.60. The lowest BCUT2D eigenvalue weighted by atomic mass is 9.91. The number of alkyl halides is 3. The number of para-hydroxylation sites is 1. The fourth-order valence-electron chi connectivity index (χ4n) is 2.96. The first-order valence-electron chi connectivity index (χ1n) is 7.28. The molecule has 2 aromatic carbocycles. The van der Waals surface area contributed by atoms with E-state index in [1.54, 1.807) is 0 Å². The van der Waals surface area contributed by atoms with Crippen LogP contribution in [0.4, 0.5) is 13.2 Å². The number of nitrogens with zero attached hydrogens (tertiary/aromatic N) is 1. The molecule has 4 rings (SSSR count). The fourth-order valence-corrected chi connectivity index (χ4v) is 2.96. The molecule has 1 nitrogen and oxygen atoms in total. The summed E-state index contributed by atoms with van der Waals surface area (Å²) in [5, 5.41) is 2.03. The summed E-state index contributed by atoms with van der Waals surface area (Å²) in [6.45, 7) is 0. The molecule has 1 atom stereocenters. The van der Waals surface area contributed by atoms with Gasteiger partial charge in [0.1, 0.15) is 0 Å². The Kier molecular flexibility index (Phi) is 3.01. The van der Waals surface area contributed by atoms with Gasteiger partial charge in [-0.1, -0.05) is 42.5 Å². The Morgan fingerprint density at radius 3 is 2.39 bits per heavy atom. The predicted molar refractivity (Wildman–Crippen MR) is 82.0 cm³/mol.